The number of benzene rings is 1. The third kappa shape index (κ3) is 4.99. The first-order valence-electron chi connectivity index (χ1n) is 12.9. The number of hydrogen-bond acceptors (Lipinski definition) is 5. The maximum atomic E-state index is 12.8. The molecule has 1 aromatic rings. The van der Waals surface area contributed by atoms with Gasteiger partial charge in [-0.3, -0.25) is 14.5 Å². The van der Waals surface area contributed by atoms with Crippen molar-refractivity contribution in [2.45, 2.75) is 51.5 Å². The summed E-state index contributed by atoms with van der Waals surface area (Å²) >= 11 is 0. The lowest BCUT2D eigenvalue weighted by atomic mass is 9.49. The van der Waals surface area contributed by atoms with Gasteiger partial charge in [-0.15, -0.1) is 0 Å². The number of amides is 2. The van der Waals surface area contributed by atoms with Crippen LogP contribution in [0.5, 0.6) is 0 Å². The minimum Gasteiger partial charge on any atom is -0.465 e. The van der Waals surface area contributed by atoms with Gasteiger partial charge < -0.3 is 15.0 Å². The zero-order valence-electron chi connectivity index (χ0n) is 20.3. The molecule has 6 rings (SSSR count). The first-order chi connectivity index (χ1) is 16.4. The Bertz CT molecular complexity index is 902. The van der Waals surface area contributed by atoms with Crippen molar-refractivity contribution in [3.63, 3.8) is 0 Å². The molecule has 4 aliphatic carbocycles. The second-order valence-corrected chi connectivity index (χ2v) is 11.2. The van der Waals surface area contributed by atoms with Crippen LogP contribution in [0.3, 0.4) is 0 Å². The Morgan fingerprint density at radius 1 is 0.971 bits per heavy atom. The number of nitrogens with zero attached hydrogens (tertiary/aromatic N) is 2. The van der Waals surface area contributed by atoms with Gasteiger partial charge in [-0.25, -0.2) is 4.79 Å². The zero-order valence-corrected chi connectivity index (χ0v) is 20.3. The first kappa shape index (κ1) is 23.3. The molecule has 0 unspecified atom stereocenters. The second-order valence-electron chi connectivity index (χ2n) is 11.2. The van der Waals surface area contributed by atoms with Crippen LogP contribution in [0.2, 0.25) is 0 Å². The van der Waals surface area contributed by atoms with Crippen LogP contribution in [0.15, 0.2) is 24.3 Å². The van der Waals surface area contributed by atoms with E-state index in [4.69, 9.17) is 4.74 Å². The highest BCUT2D eigenvalue weighted by Gasteiger charge is 2.51. The average molecular weight is 468 g/mol. The summed E-state index contributed by atoms with van der Waals surface area (Å²) in [5.41, 5.74) is 1.73. The van der Waals surface area contributed by atoms with E-state index in [1.165, 1.54) is 45.6 Å². The minimum atomic E-state index is -0.325. The summed E-state index contributed by atoms with van der Waals surface area (Å²) in [7, 11) is 1.39. The Kier molecular flexibility index (Phi) is 6.65. The van der Waals surface area contributed by atoms with Crippen molar-refractivity contribution in [3.8, 4) is 0 Å². The fourth-order valence-electron chi connectivity index (χ4n) is 7.56. The molecule has 34 heavy (non-hydrogen) atoms. The van der Waals surface area contributed by atoms with Crippen molar-refractivity contribution in [2.24, 2.45) is 23.2 Å². The summed E-state index contributed by atoms with van der Waals surface area (Å²) in [4.78, 5) is 41.6. The number of ether oxygens (including phenoxy) is 1. The Morgan fingerprint density at radius 3 is 2.21 bits per heavy atom. The Hall–Kier alpha value is -2.41. The van der Waals surface area contributed by atoms with Crippen LogP contribution in [-0.4, -0.2) is 67.4 Å². The van der Waals surface area contributed by atoms with Crippen LogP contribution in [-0.2, 0) is 20.9 Å². The highest BCUT2D eigenvalue weighted by Crippen LogP contribution is 2.61. The van der Waals surface area contributed by atoms with Gasteiger partial charge in [-0.05, 0) is 73.3 Å². The number of carbonyl (C=O) groups is 3. The Morgan fingerprint density at radius 2 is 1.59 bits per heavy atom. The average Bonchev–Trinajstić information content (AvgIpc) is 2.82. The van der Waals surface area contributed by atoms with Gasteiger partial charge in [0.2, 0.25) is 11.8 Å². The molecule has 7 heteroatoms. The summed E-state index contributed by atoms with van der Waals surface area (Å²) in [5.74, 6) is 2.21. The van der Waals surface area contributed by atoms with Crippen LogP contribution in [0.25, 0.3) is 0 Å². The molecule has 1 aliphatic heterocycles. The molecule has 7 nitrogen and oxygen atoms in total. The number of carbonyl (C=O) groups excluding carboxylic acids is 3. The lowest BCUT2D eigenvalue weighted by Gasteiger charge is -2.56. The molecule has 1 saturated heterocycles. The van der Waals surface area contributed by atoms with E-state index in [9.17, 15) is 14.4 Å². The fraction of sp³-hybridized carbons (Fsp3) is 0.667. The second kappa shape index (κ2) is 9.68. The molecule has 0 aromatic heterocycles. The van der Waals surface area contributed by atoms with E-state index in [0.717, 1.165) is 36.4 Å². The van der Waals surface area contributed by atoms with E-state index in [0.29, 0.717) is 31.6 Å². The lowest BCUT2D eigenvalue weighted by molar-refractivity contribution is -0.136. The Balaban J connectivity index is 1.06. The molecular weight excluding hydrogens is 430 g/mol. The highest BCUT2D eigenvalue weighted by atomic mass is 16.5. The van der Waals surface area contributed by atoms with Gasteiger partial charge in [0.1, 0.15) is 0 Å². The molecule has 4 saturated carbocycles. The van der Waals surface area contributed by atoms with E-state index < -0.39 is 0 Å². The number of hydrogen-bond donors (Lipinski definition) is 1. The van der Waals surface area contributed by atoms with Crippen molar-refractivity contribution in [2.75, 3.05) is 39.8 Å². The van der Waals surface area contributed by atoms with Crippen molar-refractivity contribution in [1.82, 2.24) is 15.1 Å². The van der Waals surface area contributed by atoms with E-state index in [1.807, 2.05) is 23.1 Å². The number of rotatable bonds is 7. The van der Waals surface area contributed by atoms with Crippen molar-refractivity contribution < 1.29 is 19.1 Å². The normalized spacial score (nSPS) is 30.3. The predicted octanol–water partition coefficient (Wildman–Crippen LogP) is 2.84. The number of nitrogens with one attached hydrogen (secondary N) is 1. The summed E-state index contributed by atoms with van der Waals surface area (Å²) in [6, 6.07) is 7.49. The zero-order chi connectivity index (χ0) is 23.7. The Labute approximate surface area is 202 Å². The quantitative estimate of drug-likeness (QED) is 0.624. The van der Waals surface area contributed by atoms with E-state index in [2.05, 4.69) is 10.2 Å². The van der Waals surface area contributed by atoms with Gasteiger partial charge >= 0.3 is 5.97 Å². The number of piperazine rings is 1. The molecular formula is C27H37N3O4. The number of methoxy groups -OCH3 is 1. The SMILES string of the molecule is COC(=O)c1ccccc1CN1CCN(C(=O)CNC(=O)CC23CC4CC(CC(C4)C2)C3)CC1. The summed E-state index contributed by atoms with van der Waals surface area (Å²) in [5, 5.41) is 2.94. The summed E-state index contributed by atoms with van der Waals surface area (Å²) in [6.07, 6.45) is 8.35. The molecule has 0 spiro atoms. The predicted molar refractivity (Wildman–Crippen MR) is 128 cm³/mol. The number of esters is 1. The highest BCUT2D eigenvalue weighted by molar-refractivity contribution is 5.91. The molecule has 5 aliphatic rings. The van der Waals surface area contributed by atoms with E-state index >= 15 is 0 Å². The summed E-state index contributed by atoms with van der Waals surface area (Å²) in [6.45, 7) is 3.48. The van der Waals surface area contributed by atoms with E-state index in [-0.39, 0.29) is 29.7 Å². The molecule has 0 atom stereocenters. The molecule has 1 N–H and O–H groups in total. The van der Waals surface area contributed by atoms with Gasteiger partial charge in [-0.1, -0.05) is 18.2 Å². The van der Waals surface area contributed by atoms with Crippen LogP contribution in [0, 0.1) is 23.2 Å². The molecule has 2 amide bonds. The molecule has 4 bridgehead atoms. The van der Waals surface area contributed by atoms with Gasteiger partial charge in [0, 0.05) is 39.1 Å². The molecule has 184 valence electrons. The van der Waals surface area contributed by atoms with Crippen molar-refractivity contribution in [1.29, 1.82) is 0 Å². The lowest BCUT2D eigenvalue weighted by Crippen LogP contribution is -2.51. The third-order valence-corrected chi connectivity index (χ3v) is 8.68. The molecule has 0 radical (unpaired) electrons. The van der Waals surface area contributed by atoms with Crippen LogP contribution < -0.4 is 5.32 Å². The monoisotopic (exact) mass is 467 g/mol. The topological polar surface area (TPSA) is 79.0 Å². The van der Waals surface area contributed by atoms with Gasteiger partial charge in [-0.2, -0.15) is 0 Å². The largest absolute Gasteiger partial charge is 0.465 e. The standard InChI is InChI=1S/C27H37N3O4/c1-34-26(33)23-5-3-2-4-22(23)18-29-6-8-30(9-7-29)25(32)17-28-24(31)16-27-13-19-10-20(14-27)12-21(11-19)15-27/h2-5,19-21H,6-18H2,1H3,(H,28,31). The fourth-order valence-corrected chi connectivity index (χ4v) is 7.56. The summed E-state index contributed by atoms with van der Waals surface area (Å²) < 4.78 is 4.89. The van der Waals surface area contributed by atoms with Crippen LogP contribution in [0.1, 0.15) is 60.9 Å². The van der Waals surface area contributed by atoms with Gasteiger partial charge in [0.05, 0.1) is 19.2 Å². The van der Waals surface area contributed by atoms with Crippen LogP contribution >= 0.6 is 0 Å². The first-order valence-corrected chi connectivity index (χ1v) is 12.9. The van der Waals surface area contributed by atoms with Gasteiger partial charge in [0.25, 0.3) is 0 Å². The van der Waals surface area contributed by atoms with Crippen molar-refractivity contribution in [3.05, 3.63) is 35.4 Å². The minimum absolute atomic E-state index is 0.00604. The third-order valence-electron chi connectivity index (χ3n) is 8.68. The maximum absolute atomic E-state index is 12.8. The van der Waals surface area contributed by atoms with Gasteiger partial charge in [0.15, 0.2) is 0 Å². The molecule has 1 aromatic carbocycles. The molecule has 1 heterocycles. The van der Waals surface area contributed by atoms with Crippen molar-refractivity contribution >= 4 is 17.8 Å². The maximum Gasteiger partial charge on any atom is 0.338 e. The smallest absolute Gasteiger partial charge is 0.338 e. The van der Waals surface area contributed by atoms with Crippen LogP contribution in [0.4, 0.5) is 0 Å². The molecule has 5 fully saturated rings. The van der Waals surface area contributed by atoms with E-state index in [1.54, 1.807) is 6.07 Å².